The van der Waals surface area contributed by atoms with E-state index in [-0.39, 0.29) is 17.9 Å². The van der Waals surface area contributed by atoms with Gasteiger partial charge in [0.1, 0.15) is 11.5 Å². The molecule has 0 unspecified atom stereocenters. The summed E-state index contributed by atoms with van der Waals surface area (Å²) in [4.78, 5) is 23.3. The normalized spacial score (nSPS) is 10.0. The zero-order chi connectivity index (χ0) is 16.8. The number of nitrogens with one attached hydrogen (secondary N) is 1. The topological polar surface area (TPSA) is 90.7 Å². The first kappa shape index (κ1) is 16.6. The second kappa shape index (κ2) is 7.51. The summed E-state index contributed by atoms with van der Waals surface area (Å²) in [7, 11) is 1.48. The number of anilines is 1. The molecule has 2 rings (SSSR count). The molecule has 3 N–H and O–H groups in total. The van der Waals surface area contributed by atoms with E-state index in [0.717, 1.165) is 0 Å². The van der Waals surface area contributed by atoms with E-state index in [1.807, 2.05) is 0 Å². The SMILES string of the molecule is COc1ccc(C(N)=O)c(OCC(=O)Nc2cccc(Cl)c2)c1. The highest BCUT2D eigenvalue weighted by molar-refractivity contribution is 6.30. The Labute approximate surface area is 138 Å². The summed E-state index contributed by atoms with van der Waals surface area (Å²) in [5.41, 5.74) is 5.99. The van der Waals surface area contributed by atoms with Crippen LogP contribution in [-0.4, -0.2) is 25.5 Å². The number of methoxy groups -OCH3 is 1. The number of hydrogen-bond acceptors (Lipinski definition) is 4. The molecule has 7 heteroatoms. The van der Waals surface area contributed by atoms with Crippen molar-refractivity contribution in [2.45, 2.75) is 0 Å². The van der Waals surface area contributed by atoms with E-state index in [9.17, 15) is 9.59 Å². The van der Waals surface area contributed by atoms with Gasteiger partial charge in [0.05, 0.1) is 12.7 Å². The third kappa shape index (κ3) is 4.62. The number of rotatable bonds is 6. The quantitative estimate of drug-likeness (QED) is 0.849. The maximum Gasteiger partial charge on any atom is 0.262 e. The Balaban J connectivity index is 2.05. The predicted molar refractivity (Wildman–Crippen MR) is 87.1 cm³/mol. The average Bonchev–Trinajstić information content (AvgIpc) is 2.52. The van der Waals surface area contributed by atoms with Gasteiger partial charge in [0.15, 0.2) is 6.61 Å². The van der Waals surface area contributed by atoms with E-state index >= 15 is 0 Å². The summed E-state index contributed by atoms with van der Waals surface area (Å²) >= 11 is 5.84. The van der Waals surface area contributed by atoms with Crippen molar-refractivity contribution in [2.24, 2.45) is 5.73 Å². The van der Waals surface area contributed by atoms with Gasteiger partial charge in [-0.3, -0.25) is 9.59 Å². The molecule has 0 bridgehead atoms. The lowest BCUT2D eigenvalue weighted by Crippen LogP contribution is -2.21. The first-order valence-electron chi connectivity index (χ1n) is 6.65. The van der Waals surface area contributed by atoms with Crippen LogP contribution in [0.4, 0.5) is 5.69 Å². The zero-order valence-corrected chi connectivity index (χ0v) is 13.1. The van der Waals surface area contributed by atoms with Gasteiger partial charge in [-0.25, -0.2) is 0 Å². The maximum absolute atomic E-state index is 11.9. The molecule has 2 aromatic carbocycles. The van der Waals surface area contributed by atoms with Crippen LogP contribution in [-0.2, 0) is 4.79 Å². The standard InChI is InChI=1S/C16H15ClN2O4/c1-22-12-5-6-13(16(18)21)14(8-12)23-9-15(20)19-11-4-2-3-10(17)7-11/h2-8H,9H2,1H3,(H2,18,21)(H,19,20). The van der Waals surface area contributed by atoms with E-state index in [4.69, 9.17) is 26.8 Å². The smallest absolute Gasteiger partial charge is 0.262 e. The van der Waals surface area contributed by atoms with E-state index in [0.29, 0.717) is 16.5 Å². The Morgan fingerprint density at radius 1 is 1.22 bits per heavy atom. The molecule has 0 heterocycles. The van der Waals surface area contributed by atoms with Crippen LogP contribution in [0.15, 0.2) is 42.5 Å². The second-order valence-corrected chi connectivity index (χ2v) is 5.01. The van der Waals surface area contributed by atoms with E-state index < -0.39 is 11.8 Å². The van der Waals surface area contributed by atoms with Crippen LogP contribution in [0.3, 0.4) is 0 Å². The fourth-order valence-corrected chi connectivity index (χ4v) is 2.05. The minimum Gasteiger partial charge on any atom is -0.497 e. The summed E-state index contributed by atoms with van der Waals surface area (Å²) < 4.78 is 10.4. The molecule has 0 fully saturated rings. The van der Waals surface area contributed by atoms with Gasteiger partial charge in [0.25, 0.3) is 11.8 Å². The number of ether oxygens (including phenoxy) is 2. The van der Waals surface area contributed by atoms with Gasteiger partial charge in [-0.05, 0) is 30.3 Å². The molecular formula is C16H15ClN2O4. The third-order valence-corrected chi connectivity index (χ3v) is 3.16. The Morgan fingerprint density at radius 3 is 2.65 bits per heavy atom. The minimum atomic E-state index is -0.655. The highest BCUT2D eigenvalue weighted by Gasteiger charge is 2.12. The summed E-state index contributed by atoms with van der Waals surface area (Å²) in [6.45, 7) is -0.292. The Morgan fingerprint density at radius 2 is 2.00 bits per heavy atom. The monoisotopic (exact) mass is 334 g/mol. The van der Waals surface area contributed by atoms with Crippen molar-refractivity contribution < 1.29 is 19.1 Å². The molecule has 0 aromatic heterocycles. The van der Waals surface area contributed by atoms with Crippen molar-refractivity contribution in [2.75, 3.05) is 19.0 Å². The molecule has 0 aliphatic rings. The number of primary amides is 1. The van der Waals surface area contributed by atoms with Crippen molar-refractivity contribution in [1.82, 2.24) is 0 Å². The lowest BCUT2D eigenvalue weighted by atomic mass is 10.2. The Bertz CT molecular complexity index is 734. The van der Waals surface area contributed by atoms with Crippen LogP contribution >= 0.6 is 11.6 Å². The fourth-order valence-electron chi connectivity index (χ4n) is 1.86. The number of hydrogen-bond donors (Lipinski definition) is 2. The molecule has 2 aromatic rings. The summed E-state index contributed by atoms with van der Waals surface area (Å²) in [6, 6.07) is 11.3. The lowest BCUT2D eigenvalue weighted by molar-refractivity contribution is -0.118. The molecule has 0 saturated heterocycles. The van der Waals surface area contributed by atoms with Gasteiger partial charge in [-0.2, -0.15) is 0 Å². The van der Waals surface area contributed by atoms with Gasteiger partial charge in [-0.1, -0.05) is 17.7 Å². The number of carbonyl (C=O) groups excluding carboxylic acids is 2. The number of halogens is 1. The van der Waals surface area contributed by atoms with Crippen molar-refractivity contribution in [3.63, 3.8) is 0 Å². The fraction of sp³-hybridized carbons (Fsp3) is 0.125. The van der Waals surface area contributed by atoms with Crippen LogP contribution in [0.2, 0.25) is 5.02 Å². The van der Waals surface area contributed by atoms with E-state index in [2.05, 4.69) is 5.32 Å². The highest BCUT2D eigenvalue weighted by atomic mass is 35.5. The van der Waals surface area contributed by atoms with E-state index in [1.54, 1.807) is 30.3 Å². The van der Waals surface area contributed by atoms with Crippen LogP contribution in [0, 0.1) is 0 Å². The van der Waals surface area contributed by atoms with Gasteiger partial charge < -0.3 is 20.5 Å². The molecule has 0 aliphatic carbocycles. The molecular weight excluding hydrogens is 320 g/mol. The molecule has 0 radical (unpaired) electrons. The van der Waals surface area contributed by atoms with Crippen LogP contribution < -0.4 is 20.5 Å². The van der Waals surface area contributed by atoms with Crippen molar-refractivity contribution in [3.8, 4) is 11.5 Å². The van der Waals surface area contributed by atoms with Gasteiger partial charge in [0, 0.05) is 16.8 Å². The van der Waals surface area contributed by atoms with Crippen molar-refractivity contribution >= 4 is 29.1 Å². The number of benzene rings is 2. The summed E-state index contributed by atoms with van der Waals surface area (Å²) in [5.74, 6) is -0.387. The third-order valence-electron chi connectivity index (χ3n) is 2.92. The maximum atomic E-state index is 11.9. The molecule has 2 amide bonds. The molecule has 0 spiro atoms. The van der Waals surface area contributed by atoms with Crippen molar-refractivity contribution in [3.05, 3.63) is 53.1 Å². The minimum absolute atomic E-state index is 0.168. The number of amides is 2. The van der Waals surface area contributed by atoms with Crippen LogP contribution in [0.5, 0.6) is 11.5 Å². The lowest BCUT2D eigenvalue weighted by Gasteiger charge is -2.11. The zero-order valence-electron chi connectivity index (χ0n) is 12.3. The highest BCUT2D eigenvalue weighted by Crippen LogP contribution is 2.24. The predicted octanol–water partition coefficient (Wildman–Crippen LogP) is 2.46. The molecule has 0 saturated carbocycles. The van der Waals surface area contributed by atoms with E-state index in [1.165, 1.54) is 19.2 Å². The molecule has 0 atom stereocenters. The molecule has 0 aliphatic heterocycles. The first-order valence-corrected chi connectivity index (χ1v) is 7.03. The van der Waals surface area contributed by atoms with Gasteiger partial charge in [-0.15, -0.1) is 0 Å². The largest absolute Gasteiger partial charge is 0.497 e. The first-order chi connectivity index (χ1) is 11.0. The van der Waals surface area contributed by atoms with Gasteiger partial charge >= 0.3 is 0 Å². The Hall–Kier alpha value is -2.73. The number of carbonyl (C=O) groups is 2. The van der Waals surface area contributed by atoms with Crippen LogP contribution in [0.25, 0.3) is 0 Å². The van der Waals surface area contributed by atoms with Gasteiger partial charge in [0.2, 0.25) is 0 Å². The molecule has 120 valence electrons. The second-order valence-electron chi connectivity index (χ2n) is 4.57. The number of nitrogens with two attached hydrogens (primary N) is 1. The molecule has 23 heavy (non-hydrogen) atoms. The average molecular weight is 335 g/mol. The van der Waals surface area contributed by atoms with Crippen molar-refractivity contribution in [1.29, 1.82) is 0 Å². The summed E-state index contributed by atoms with van der Waals surface area (Å²) in [5, 5.41) is 3.14. The molecule has 6 nitrogen and oxygen atoms in total. The Kier molecular flexibility index (Phi) is 5.43. The van der Waals surface area contributed by atoms with Crippen LogP contribution in [0.1, 0.15) is 10.4 Å². The summed E-state index contributed by atoms with van der Waals surface area (Å²) in [6.07, 6.45) is 0.